The molecule has 1 N–H and O–H groups in total. The summed E-state index contributed by atoms with van der Waals surface area (Å²) in [6.07, 6.45) is 0.755. The molecule has 3 aromatic rings. The SMILES string of the molecule is CCc1cccc(C)c1NC(=O)COC(=O)c1ccc(OS(=O)(=O)c2cc(C)ccc2C)cc1. The van der Waals surface area contributed by atoms with Crippen LogP contribution in [0.5, 0.6) is 5.75 Å². The molecule has 0 radical (unpaired) electrons. The van der Waals surface area contributed by atoms with E-state index in [0.717, 1.165) is 28.8 Å². The minimum Gasteiger partial charge on any atom is -0.452 e. The number of anilines is 1. The summed E-state index contributed by atoms with van der Waals surface area (Å²) in [5.41, 5.74) is 4.16. The first-order chi connectivity index (χ1) is 16.1. The van der Waals surface area contributed by atoms with Crippen LogP contribution in [0.15, 0.2) is 65.6 Å². The molecular formula is C26H27NO6S. The molecule has 0 unspecified atom stereocenters. The van der Waals surface area contributed by atoms with Gasteiger partial charge in [-0.25, -0.2) is 4.79 Å². The summed E-state index contributed by atoms with van der Waals surface area (Å²) >= 11 is 0. The molecule has 0 spiro atoms. The predicted molar refractivity (Wildman–Crippen MR) is 130 cm³/mol. The van der Waals surface area contributed by atoms with Crippen molar-refractivity contribution < 1.29 is 26.9 Å². The van der Waals surface area contributed by atoms with Crippen LogP contribution in [0.4, 0.5) is 5.69 Å². The highest BCUT2D eigenvalue weighted by molar-refractivity contribution is 7.87. The van der Waals surface area contributed by atoms with Crippen LogP contribution in [0.3, 0.4) is 0 Å². The van der Waals surface area contributed by atoms with Crippen molar-refractivity contribution in [2.24, 2.45) is 0 Å². The number of rotatable bonds is 8. The van der Waals surface area contributed by atoms with Crippen molar-refractivity contribution >= 4 is 27.7 Å². The lowest BCUT2D eigenvalue weighted by Gasteiger charge is -2.13. The first-order valence-corrected chi connectivity index (χ1v) is 12.2. The Morgan fingerprint density at radius 1 is 0.912 bits per heavy atom. The fraction of sp³-hybridized carbons (Fsp3) is 0.231. The monoisotopic (exact) mass is 481 g/mol. The van der Waals surface area contributed by atoms with Crippen molar-refractivity contribution in [3.8, 4) is 5.75 Å². The van der Waals surface area contributed by atoms with Crippen molar-refractivity contribution in [3.63, 3.8) is 0 Å². The molecule has 1 amide bonds. The Kier molecular flexibility index (Phi) is 7.73. The normalized spacial score (nSPS) is 11.1. The van der Waals surface area contributed by atoms with Crippen LogP contribution in [-0.2, 0) is 26.1 Å². The number of benzene rings is 3. The Labute approximate surface area is 199 Å². The lowest BCUT2D eigenvalue weighted by Crippen LogP contribution is -2.22. The van der Waals surface area contributed by atoms with E-state index in [1.807, 2.05) is 38.1 Å². The molecule has 8 heteroatoms. The Morgan fingerprint density at radius 3 is 2.29 bits per heavy atom. The predicted octanol–water partition coefficient (Wildman–Crippen LogP) is 4.74. The molecule has 0 aliphatic rings. The summed E-state index contributed by atoms with van der Waals surface area (Å²) in [6.45, 7) is 6.92. The van der Waals surface area contributed by atoms with E-state index in [9.17, 15) is 18.0 Å². The lowest BCUT2D eigenvalue weighted by molar-refractivity contribution is -0.119. The van der Waals surface area contributed by atoms with Gasteiger partial charge in [0.1, 0.15) is 10.6 Å². The number of hydrogen-bond acceptors (Lipinski definition) is 6. The Balaban J connectivity index is 1.61. The number of carbonyl (C=O) groups excluding carboxylic acids is 2. The third-order valence-electron chi connectivity index (χ3n) is 5.25. The Morgan fingerprint density at radius 2 is 1.62 bits per heavy atom. The van der Waals surface area contributed by atoms with Gasteiger partial charge in [-0.1, -0.05) is 37.3 Å². The average molecular weight is 482 g/mol. The zero-order valence-corrected chi connectivity index (χ0v) is 20.4. The first-order valence-electron chi connectivity index (χ1n) is 10.8. The number of esters is 1. The van der Waals surface area contributed by atoms with Crippen LogP contribution < -0.4 is 9.50 Å². The second-order valence-electron chi connectivity index (χ2n) is 7.92. The maximum Gasteiger partial charge on any atom is 0.339 e. The quantitative estimate of drug-likeness (QED) is 0.369. The van der Waals surface area contributed by atoms with E-state index < -0.39 is 28.6 Å². The number of para-hydroxylation sites is 1. The van der Waals surface area contributed by atoms with Crippen LogP contribution in [-0.4, -0.2) is 26.9 Å². The Bertz CT molecular complexity index is 1310. The molecule has 0 saturated carbocycles. The molecule has 0 bridgehead atoms. The van der Waals surface area contributed by atoms with Crippen LogP contribution in [0.1, 0.15) is 39.5 Å². The van der Waals surface area contributed by atoms with Crippen LogP contribution in [0.2, 0.25) is 0 Å². The topological polar surface area (TPSA) is 98.8 Å². The molecule has 178 valence electrons. The standard InChI is InChI=1S/C26H27NO6S/c1-5-20-8-6-7-19(4)25(20)27-24(28)16-32-26(29)21-11-13-22(14-12-21)33-34(30,31)23-15-17(2)9-10-18(23)3/h6-15H,5,16H2,1-4H3,(H,27,28). The zero-order valence-electron chi connectivity index (χ0n) is 19.5. The van der Waals surface area contributed by atoms with Gasteiger partial charge in [0.15, 0.2) is 6.61 Å². The van der Waals surface area contributed by atoms with Crippen molar-refractivity contribution in [3.05, 3.63) is 88.5 Å². The summed E-state index contributed by atoms with van der Waals surface area (Å²) in [5.74, 6) is -1.10. The van der Waals surface area contributed by atoms with Crippen molar-refractivity contribution in [2.45, 2.75) is 39.0 Å². The highest BCUT2D eigenvalue weighted by atomic mass is 32.2. The minimum atomic E-state index is -4.03. The third kappa shape index (κ3) is 6.02. The average Bonchev–Trinajstić information content (AvgIpc) is 2.80. The van der Waals surface area contributed by atoms with Gasteiger partial charge >= 0.3 is 16.1 Å². The van der Waals surface area contributed by atoms with E-state index in [1.54, 1.807) is 26.0 Å². The van der Waals surface area contributed by atoms with Gasteiger partial charge in [0, 0.05) is 5.69 Å². The molecule has 0 aromatic heterocycles. The fourth-order valence-electron chi connectivity index (χ4n) is 3.39. The fourth-order valence-corrected chi connectivity index (χ4v) is 4.63. The van der Waals surface area contributed by atoms with Gasteiger partial charge in [-0.15, -0.1) is 0 Å². The van der Waals surface area contributed by atoms with E-state index in [2.05, 4.69) is 5.32 Å². The van der Waals surface area contributed by atoms with Crippen molar-refractivity contribution in [1.29, 1.82) is 0 Å². The first kappa shape index (κ1) is 25.0. The molecule has 0 atom stereocenters. The largest absolute Gasteiger partial charge is 0.452 e. The second-order valence-corrected chi connectivity index (χ2v) is 9.43. The molecule has 0 aliphatic heterocycles. The van der Waals surface area contributed by atoms with E-state index in [1.165, 1.54) is 24.3 Å². The number of nitrogens with one attached hydrogen (secondary N) is 1. The van der Waals surface area contributed by atoms with Gasteiger partial charge in [-0.3, -0.25) is 4.79 Å². The smallest absolute Gasteiger partial charge is 0.339 e. The summed E-state index contributed by atoms with van der Waals surface area (Å²) in [4.78, 5) is 24.7. The van der Waals surface area contributed by atoms with Gasteiger partial charge < -0.3 is 14.2 Å². The van der Waals surface area contributed by atoms with Crippen LogP contribution in [0.25, 0.3) is 0 Å². The van der Waals surface area contributed by atoms with Crippen molar-refractivity contribution in [2.75, 3.05) is 11.9 Å². The molecule has 3 aromatic carbocycles. The maximum absolute atomic E-state index is 12.6. The number of aryl methyl sites for hydroxylation is 4. The van der Waals surface area contributed by atoms with E-state index >= 15 is 0 Å². The Hall–Kier alpha value is -3.65. The zero-order chi connectivity index (χ0) is 24.9. The van der Waals surface area contributed by atoms with Gasteiger partial charge in [-0.2, -0.15) is 8.42 Å². The number of amides is 1. The van der Waals surface area contributed by atoms with Gasteiger partial charge in [0.05, 0.1) is 5.56 Å². The molecule has 0 aliphatic carbocycles. The molecule has 0 fully saturated rings. The van der Waals surface area contributed by atoms with Crippen LogP contribution >= 0.6 is 0 Å². The molecular weight excluding hydrogens is 454 g/mol. The van der Waals surface area contributed by atoms with Crippen molar-refractivity contribution in [1.82, 2.24) is 0 Å². The number of carbonyl (C=O) groups is 2. The number of ether oxygens (including phenoxy) is 1. The minimum absolute atomic E-state index is 0.0573. The highest BCUT2D eigenvalue weighted by Crippen LogP contribution is 2.23. The molecule has 3 rings (SSSR count). The summed E-state index contributed by atoms with van der Waals surface area (Å²) in [7, 11) is -4.03. The van der Waals surface area contributed by atoms with E-state index in [-0.39, 0.29) is 16.2 Å². The summed E-state index contributed by atoms with van der Waals surface area (Å²) in [6, 6.07) is 16.3. The molecule has 0 saturated heterocycles. The van der Waals surface area contributed by atoms with Gasteiger partial charge in [0.2, 0.25) is 0 Å². The summed E-state index contributed by atoms with van der Waals surface area (Å²) in [5, 5.41) is 2.79. The van der Waals surface area contributed by atoms with Crippen LogP contribution in [0, 0.1) is 20.8 Å². The highest BCUT2D eigenvalue weighted by Gasteiger charge is 2.20. The maximum atomic E-state index is 12.6. The molecule has 7 nitrogen and oxygen atoms in total. The van der Waals surface area contributed by atoms with Gasteiger partial charge in [0.25, 0.3) is 5.91 Å². The number of hydrogen-bond donors (Lipinski definition) is 1. The third-order valence-corrected chi connectivity index (χ3v) is 6.64. The van der Waals surface area contributed by atoms with Gasteiger partial charge in [-0.05, 0) is 79.8 Å². The van der Waals surface area contributed by atoms with E-state index in [4.69, 9.17) is 8.92 Å². The second kappa shape index (κ2) is 10.5. The molecule has 34 heavy (non-hydrogen) atoms. The lowest BCUT2D eigenvalue weighted by atomic mass is 10.1. The summed E-state index contributed by atoms with van der Waals surface area (Å²) < 4.78 is 35.6. The van der Waals surface area contributed by atoms with E-state index in [0.29, 0.717) is 5.56 Å². The molecule has 0 heterocycles.